The minimum Gasteiger partial charge on any atom is -0.352 e. The maximum atomic E-state index is 12.1. The summed E-state index contributed by atoms with van der Waals surface area (Å²) in [6, 6.07) is 26.6. The van der Waals surface area contributed by atoms with Gasteiger partial charge in [-0.1, -0.05) is 80.6 Å². The van der Waals surface area contributed by atoms with Crippen molar-refractivity contribution in [2.75, 3.05) is 6.54 Å². The second-order valence-electron chi connectivity index (χ2n) is 6.62. The standard InChI is InChI=1S/C23H23NO/c1-17(2)16-24-23(25)22-14-12-21(13-15-22)20-10-8-19(9-11-20)18-6-4-3-5-7-18/h3-15,17H,16H2,1-2H3,(H,24,25). The van der Waals surface area contributed by atoms with Gasteiger partial charge in [0.05, 0.1) is 0 Å². The number of amides is 1. The lowest BCUT2D eigenvalue weighted by Crippen LogP contribution is -2.27. The first kappa shape index (κ1) is 17.0. The average molecular weight is 329 g/mol. The molecule has 25 heavy (non-hydrogen) atoms. The maximum absolute atomic E-state index is 12.1. The number of benzene rings is 3. The third kappa shape index (κ3) is 4.36. The van der Waals surface area contributed by atoms with E-state index in [1.54, 1.807) is 0 Å². The molecule has 0 atom stereocenters. The van der Waals surface area contributed by atoms with Crippen LogP contribution in [0.2, 0.25) is 0 Å². The predicted molar refractivity (Wildman–Crippen MR) is 104 cm³/mol. The largest absolute Gasteiger partial charge is 0.352 e. The highest BCUT2D eigenvalue weighted by molar-refractivity contribution is 5.94. The van der Waals surface area contributed by atoms with Gasteiger partial charge in [0.2, 0.25) is 0 Å². The molecule has 0 radical (unpaired) electrons. The predicted octanol–water partition coefficient (Wildman–Crippen LogP) is 5.41. The molecule has 1 amide bonds. The second kappa shape index (κ2) is 7.80. The molecule has 0 spiro atoms. The smallest absolute Gasteiger partial charge is 0.251 e. The Kier molecular flexibility index (Phi) is 5.30. The van der Waals surface area contributed by atoms with E-state index >= 15 is 0 Å². The minimum absolute atomic E-state index is 0.0142. The molecule has 0 fully saturated rings. The van der Waals surface area contributed by atoms with Crippen molar-refractivity contribution >= 4 is 5.91 Å². The molecule has 0 aliphatic rings. The summed E-state index contributed by atoms with van der Waals surface area (Å²) in [6.45, 7) is 4.87. The van der Waals surface area contributed by atoms with E-state index in [1.807, 2.05) is 42.5 Å². The molecule has 0 aliphatic heterocycles. The molecule has 3 aromatic carbocycles. The van der Waals surface area contributed by atoms with Crippen LogP contribution in [0.5, 0.6) is 0 Å². The lowest BCUT2D eigenvalue weighted by molar-refractivity contribution is 0.0949. The highest BCUT2D eigenvalue weighted by atomic mass is 16.1. The van der Waals surface area contributed by atoms with Crippen LogP contribution < -0.4 is 5.32 Å². The van der Waals surface area contributed by atoms with Crippen molar-refractivity contribution in [2.45, 2.75) is 13.8 Å². The highest BCUT2D eigenvalue weighted by Crippen LogP contribution is 2.25. The van der Waals surface area contributed by atoms with Crippen LogP contribution >= 0.6 is 0 Å². The van der Waals surface area contributed by atoms with Crippen LogP contribution in [-0.2, 0) is 0 Å². The van der Waals surface area contributed by atoms with Gasteiger partial charge in [-0.25, -0.2) is 0 Å². The van der Waals surface area contributed by atoms with Crippen molar-refractivity contribution in [3.8, 4) is 22.3 Å². The van der Waals surface area contributed by atoms with Crippen LogP contribution in [0.15, 0.2) is 78.9 Å². The van der Waals surface area contributed by atoms with Gasteiger partial charge in [-0.15, -0.1) is 0 Å². The van der Waals surface area contributed by atoms with Crippen LogP contribution in [0.25, 0.3) is 22.3 Å². The zero-order valence-corrected chi connectivity index (χ0v) is 14.7. The number of hydrogen-bond acceptors (Lipinski definition) is 1. The summed E-state index contributed by atoms with van der Waals surface area (Å²) in [5, 5.41) is 2.94. The quantitative estimate of drug-likeness (QED) is 0.666. The van der Waals surface area contributed by atoms with Gasteiger partial charge < -0.3 is 5.32 Å². The van der Waals surface area contributed by atoms with Crippen LogP contribution in [0.1, 0.15) is 24.2 Å². The van der Waals surface area contributed by atoms with Crippen LogP contribution in [0, 0.1) is 5.92 Å². The van der Waals surface area contributed by atoms with Gasteiger partial charge >= 0.3 is 0 Å². The molecule has 0 heterocycles. The molecule has 2 heteroatoms. The Balaban J connectivity index is 1.73. The van der Waals surface area contributed by atoms with Crippen molar-refractivity contribution in [2.24, 2.45) is 5.92 Å². The van der Waals surface area contributed by atoms with E-state index < -0.39 is 0 Å². The van der Waals surface area contributed by atoms with Gasteiger partial charge in [0.25, 0.3) is 5.91 Å². The van der Waals surface area contributed by atoms with Crippen molar-refractivity contribution < 1.29 is 4.79 Å². The first-order chi connectivity index (χ1) is 12.1. The van der Waals surface area contributed by atoms with E-state index in [-0.39, 0.29) is 5.91 Å². The van der Waals surface area contributed by atoms with Gasteiger partial charge in [0, 0.05) is 12.1 Å². The molecule has 3 rings (SSSR count). The summed E-state index contributed by atoms with van der Waals surface area (Å²) in [4.78, 5) is 12.1. The highest BCUT2D eigenvalue weighted by Gasteiger charge is 2.06. The molecule has 0 saturated carbocycles. The normalized spacial score (nSPS) is 10.7. The Morgan fingerprint density at radius 1 is 0.720 bits per heavy atom. The molecular weight excluding hydrogens is 306 g/mol. The van der Waals surface area contributed by atoms with E-state index in [2.05, 4.69) is 55.6 Å². The third-order valence-electron chi connectivity index (χ3n) is 4.14. The molecular formula is C23H23NO. The van der Waals surface area contributed by atoms with E-state index in [4.69, 9.17) is 0 Å². The first-order valence-electron chi connectivity index (χ1n) is 8.67. The average Bonchev–Trinajstić information content (AvgIpc) is 2.67. The zero-order chi connectivity index (χ0) is 17.6. The summed E-state index contributed by atoms with van der Waals surface area (Å²) >= 11 is 0. The van der Waals surface area contributed by atoms with Crippen molar-refractivity contribution in [1.82, 2.24) is 5.32 Å². The summed E-state index contributed by atoms with van der Waals surface area (Å²) in [7, 11) is 0. The van der Waals surface area contributed by atoms with E-state index in [9.17, 15) is 4.79 Å². The molecule has 3 aromatic rings. The molecule has 0 bridgehead atoms. The van der Waals surface area contributed by atoms with Gasteiger partial charge in [-0.3, -0.25) is 4.79 Å². The van der Waals surface area contributed by atoms with Crippen molar-refractivity contribution in [3.63, 3.8) is 0 Å². The third-order valence-corrected chi connectivity index (χ3v) is 4.14. The zero-order valence-electron chi connectivity index (χ0n) is 14.7. The molecule has 0 unspecified atom stereocenters. The first-order valence-corrected chi connectivity index (χ1v) is 8.67. The van der Waals surface area contributed by atoms with Crippen LogP contribution in [0.4, 0.5) is 0 Å². The van der Waals surface area contributed by atoms with Gasteiger partial charge in [-0.05, 0) is 40.3 Å². The molecule has 2 nitrogen and oxygen atoms in total. The maximum Gasteiger partial charge on any atom is 0.251 e. The Morgan fingerprint density at radius 2 is 1.16 bits per heavy atom. The summed E-state index contributed by atoms with van der Waals surface area (Å²) in [5.74, 6) is 0.436. The minimum atomic E-state index is -0.0142. The fraction of sp³-hybridized carbons (Fsp3) is 0.174. The Hall–Kier alpha value is -2.87. The SMILES string of the molecule is CC(C)CNC(=O)c1ccc(-c2ccc(-c3ccccc3)cc2)cc1. The number of carbonyl (C=O) groups excluding carboxylic acids is 1. The Labute approximate surface area is 149 Å². The monoisotopic (exact) mass is 329 g/mol. The summed E-state index contributed by atoms with van der Waals surface area (Å²) in [5.41, 5.74) is 5.37. The molecule has 0 aliphatic carbocycles. The fourth-order valence-electron chi connectivity index (χ4n) is 2.70. The lowest BCUT2D eigenvalue weighted by atomic mass is 9.99. The number of carbonyl (C=O) groups is 1. The van der Waals surface area contributed by atoms with Gasteiger partial charge in [-0.2, -0.15) is 0 Å². The topological polar surface area (TPSA) is 29.1 Å². The Morgan fingerprint density at radius 3 is 1.64 bits per heavy atom. The number of nitrogens with one attached hydrogen (secondary N) is 1. The lowest BCUT2D eigenvalue weighted by Gasteiger charge is -2.09. The summed E-state index contributed by atoms with van der Waals surface area (Å²) in [6.07, 6.45) is 0. The van der Waals surface area contributed by atoms with Crippen molar-refractivity contribution in [1.29, 1.82) is 0 Å². The summed E-state index contributed by atoms with van der Waals surface area (Å²) < 4.78 is 0. The van der Waals surface area contributed by atoms with Crippen LogP contribution in [0.3, 0.4) is 0 Å². The van der Waals surface area contributed by atoms with E-state index in [0.29, 0.717) is 18.0 Å². The molecule has 0 aromatic heterocycles. The van der Waals surface area contributed by atoms with Crippen LogP contribution in [-0.4, -0.2) is 12.5 Å². The van der Waals surface area contributed by atoms with Crippen molar-refractivity contribution in [3.05, 3.63) is 84.4 Å². The Bertz CT molecular complexity index is 818. The molecule has 1 N–H and O–H groups in total. The molecule has 0 saturated heterocycles. The van der Waals surface area contributed by atoms with E-state index in [0.717, 1.165) is 11.1 Å². The second-order valence-corrected chi connectivity index (χ2v) is 6.62. The van der Waals surface area contributed by atoms with Gasteiger partial charge in [0.15, 0.2) is 0 Å². The molecule has 126 valence electrons. The fourth-order valence-corrected chi connectivity index (χ4v) is 2.70. The number of rotatable bonds is 5. The van der Waals surface area contributed by atoms with Gasteiger partial charge in [0.1, 0.15) is 0 Å². The number of hydrogen-bond donors (Lipinski definition) is 1. The van der Waals surface area contributed by atoms with E-state index in [1.165, 1.54) is 11.1 Å².